The van der Waals surface area contributed by atoms with E-state index in [9.17, 15) is 0 Å². The Bertz CT molecular complexity index is 746. The molecule has 0 aromatic heterocycles. The molecule has 148 valence electrons. The van der Waals surface area contributed by atoms with E-state index in [0.717, 1.165) is 11.5 Å². The Kier molecular flexibility index (Phi) is 8.23. The SMILES string of the molecule is CCCCc1ccc(-c2ccc(C#C[C@H]3CC[C@H](CCCC)CC3)cc2)cc1. The van der Waals surface area contributed by atoms with Crippen LogP contribution in [0, 0.1) is 23.7 Å². The maximum atomic E-state index is 3.55. The number of hydrogen-bond donors (Lipinski definition) is 0. The van der Waals surface area contributed by atoms with E-state index in [1.54, 1.807) is 0 Å². The van der Waals surface area contributed by atoms with Gasteiger partial charge in [-0.05, 0) is 73.3 Å². The minimum Gasteiger partial charge on any atom is -0.0945 e. The Morgan fingerprint density at radius 1 is 0.750 bits per heavy atom. The van der Waals surface area contributed by atoms with Crippen LogP contribution in [0.15, 0.2) is 48.5 Å². The molecule has 0 bridgehead atoms. The molecule has 0 nitrogen and oxygen atoms in total. The summed E-state index contributed by atoms with van der Waals surface area (Å²) in [5, 5.41) is 0. The average Bonchev–Trinajstić information content (AvgIpc) is 2.76. The third-order valence-corrected chi connectivity index (χ3v) is 6.22. The second-order valence-electron chi connectivity index (χ2n) is 8.51. The van der Waals surface area contributed by atoms with Gasteiger partial charge in [-0.1, -0.05) is 87.8 Å². The standard InChI is InChI=1S/C28H36/c1-3-5-7-23-9-11-25(12-10-23)13-14-26-17-21-28(22-18-26)27-19-15-24(16-20-27)8-6-4-2/h15-23,25H,3-12H2,1-2H3/t23-,25-. The van der Waals surface area contributed by atoms with Crippen molar-refractivity contribution in [1.29, 1.82) is 0 Å². The van der Waals surface area contributed by atoms with E-state index in [-0.39, 0.29) is 0 Å². The molecule has 3 rings (SSSR count). The zero-order valence-corrected chi connectivity index (χ0v) is 17.8. The monoisotopic (exact) mass is 372 g/mol. The van der Waals surface area contributed by atoms with Crippen molar-refractivity contribution >= 4 is 0 Å². The van der Waals surface area contributed by atoms with Crippen LogP contribution in [0.4, 0.5) is 0 Å². The lowest BCUT2D eigenvalue weighted by Crippen LogP contribution is -2.13. The van der Waals surface area contributed by atoms with Gasteiger partial charge in [-0.25, -0.2) is 0 Å². The van der Waals surface area contributed by atoms with Crippen LogP contribution in [0.1, 0.15) is 82.8 Å². The van der Waals surface area contributed by atoms with Crippen molar-refractivity contribution in [3.05, 3.63) is 59.7 Å². The van der Waals surface area contributed by atoms with Crippen molar-refractivity contribution in [2.75, 3.05) is 0 Å². The van der Waals surface area contributed by atoms with Crippen LogP contribution in [0.2, 0.25) is 0 Å². The second kappa shape index (κ2) is 11.1. The first-order chi connectivity index (χ1) is 13.8. The molecule has 0 N–H and O–H groups in total. The van der Waals surface area contributed by atoms with Gasteiger partial charge in [-0.2, -0.15) is 0 Å². The molecule has 2 aromatic carbocycles. The van der Waals surface area contributed by atoms with E-state index in [4.69, 9.17) is 0 Å². The van der Waals surface area contributed by atoms with E-state index < -0.39 is 0 Å². The molecule has 0 radical (unpaired) electrons. The average molecular weight is 373 g/mol. The molecule has 2 aromatic rings. The van der Waals surface area contributed by atoms with E-state index in [1.165, 1.54) is 80.9 Å². The maximum absolute atomic E-state index is 3.55. The van der Waals surface area contributed by atoms with Crippen LogP contribution in [0.5, 0.6) is 0 Å². The van der Waals surface area contributed by atoms with Gasteiger partial charge in [0.2, 0.25) is 0 Å². The van der Waals surface area contributed by atoms with Crippen LogP contribution in [-0.4, -0.2) is 0 Å². The summed E-state index contributed by atoms with van der Waals surface area (Å²) < 4.78 is 0. The predicted molar refractivity (Wildman–Crippen MR) is 122 cm³/mol. The molecule has 0 atom stereocenters. The molecular weight excluding hydrogens is 336 g/mol. The van der Waals surface area contributed by atoms with Gasteiger partial charge >= 0.3 is 0 Å². The minimum atomic E-state index is 0.605. The van der Waals surface area contributed by atoms with Gasteiger partial charge in [0.25, 0.3) is 0 Å². The number of hydrogen-bond acceptors (Lipinski definition) is 0. The smallest absolute Gasteiger partial charge is 0.0245 e. The van der Waals surface area contributed by atoms with Crippen LogP contribution in [0.3, 0.4) is 0 Å². The molecule has 0 unspecified atom stereocenters. The molecule has 0 heterocycles. The van der Waals surface area contributed by atoms with Crippen molar-refractivity contribution < 1.29 is 0 Å². The summed E-state index contributed by atoms with van der Waals surface area (Å²) in [5.41, 5.74) is 5.17. The summed E-state index contributed by atoms with van der Waals surface area (Å²) in [6.07, 6.45) is 13.2. The van der Waals surface area contributed by atoms with E-state index >= 15 is 0 Å². The normalized spacial score (nSPS) is 19.1. The Morgan fingerprint density at radius 3 is 1.96 bits per heavy atom. The zero-order valence-electron chi connectivity index (χ0n) is 17.8. The molecule has 0 aliphatic heterocycles. The third-order valence-electron chi connectivity index (χ3n) is 6.22. The summed E-state index contributed by atoms with van der Waals surface area (Å²) in [4.78, 5) is 0. The number of unbranched alkanes of at least 4 members (excludes halogenated alkanes) is 2. The molecule has 0 spiro atoms. The molecule has 1 aliphatic rings. The minimum absolute atomic E-state index is 0.605. The molecule has 0 heteroatoms. The van der Waals surface area contributed by atoms with Gasteiger partial charge in [0.05, 0.1) is 0 Å². The molecule has 28 heavy (non-hydrogen) atoms. The van der Waals surface area contributed by atoms with E-state index in [2.05, 4.69) is 74.2 Å². The lowest BCUT2D eigenvalue weighted by molar-refractivity contribution is 0.296. The van der Waals surface area contributed by atoms with Crippen molar-refractivity contribution in [2.24, 2.45) is 11.8 Å². The summed E-state index contributed by atoms with van der Waals surface area (Å²) in [5.74, 6) is 8.55. The maximum Gasteiger partial charge on any atom is 0.0245 e. The highest BCUT2D eigenvalue weighted by Gasteiger charge is 2.19. The summed E-state index contributed by atoms with van der Waals surface area (Å²) in [7, 11) is 0. The van der Waals surface area contributed by atoms with Crippen LogP contribution < -0.4 is 0 Å². The molecule has 1 fully saturated rings. The lowest BCUT2D eigenvalue weighted by Gasteiger charge is -2.25. The fourth-order valence-electron chi connectivity index (χ4n) is 4.26. The van der Waals surface area contributed by atoms with Crippen LogP contribution in [-0.2, 0) is 6.42 Å². The number of rotatable bonds is 7. The van der Waals surface area contributed by atoms with Gasteiger partial charge in [-0.3, -0.25) is 0 Å². The quantitative estimate of drug-likeness (QED) is 0.431. The molecule has 0 saturated heterocycles. The summed E-state index contributed by atoms with van der Waals surface area (Å²) >= 11 is 0. The lowest BCUT2D eigenvalue weighted by atomic mass is 9.80. The van der Waals surface area contributed by atoms with Crippen molar-refractivity contribution in [1.82, 2.24) is 0 Å². The summed E-state index contributed by atoms with van der Waals surface area (Å²) in [6.45, 7) is 4.54. The van der Waals surface area contributed by atoms with Crippen molar-refractivity contribution in [3.8, 4) is 23.0 Å². The third kappa shape index (κ3) is 6.27. The Hall–Kier alpha value is -2.00. The fourth-order valence-corrected chi connectivity index (χ4v) is 4.26. The molecule has 1 saturated carbocycles. The van der Waals surface area contributed by atoms with Crippen LogP contribution in [0.25, 0.3) is 11.1 Å². The number of benzene rings is 2. The van der Waals surface area contributed by atoms with Crippen LogP contribution >= 0.6 is 0 Å². The first-order valence-electron chi connectivity index (χ1n) is 11.5. The molecule has 1 aliphatic carbocycles. The Balaban J connectivity index is 1.53. The zero-order chi connectivity index (χ0) is 19.6. The fraction of sp³-hybridized carbons (Fsp3) is 0.500. The molecular formula is C28H36. The first-order valence-corrected chi connectivity index (χ1v) is 11.5. The first kappa shape index (κ1) is 20.7. The highest BCUT2D eigenvalue weighted by molar-refractivity contribution is 5.64. The van der Waals surface area contributed by atoms with Gasteiger partial charge in [0.15, 0.2) is 0 Å². The van der Waals surface area contributed by atoms with E-state index in [0.29, 0.717) is 5.92 Å². The predicted octanol–water partition coefficient (Wildman–Crippen LogP) is 8.04. The molecule has 0 amide bonds. The highest BCUT2D eigenvalue weighted by atomic mass is 14.2. The van der Waals surface area contributed by atoms with Crippen molar-refractivity contribution in [2.45, 2.75) is 78.1 Å². The van der Waals surface area contributed by atoms with Gasteiger partial charge in [0.1, 0.15) is 0 Å². The van der Waals surface area contributed by atoms with Gasteiger partial charge < -0.3 is 0 Å². The number of aryl methyl sites for hydroxylation is 1. The summed E-state index contributed by atoms with van der Waals surface area (Å²) in [6, 6.07) is 17.8. The van der Waals surface area contributed by atoms with Gasteiger partial charge in [-0.15, -0.1) is 0 Å². The van der Waals surface area contributed by atoms with Gasteiger partial charge in [0, 0.05) is 11.5 Å². The highest BCUT2D eigenvalue weighted by Crippen LogP contribution is 2.31. The topological polar surface area (TPSA) is 0 Å². The van der Waals surface area contributed by atoms with Crippen molar-refractivity contribution in [3.63, 3.8) is 0 Å². The Morgan fingerprint density at radius 2 is 1.36 bits per heavy atom. The van der Waals surface area contributed by atoms with E-state index in [1.807, 2.05) is 0 Å². The Labute approximate surface area is 172 Å². The largest absolute Gasteiger partial charge is 0.0945 e. The second-order valence-corrected chi connectivity index (χ2v) is 8.51.